The van der Waals surface area contributed by atoms with E-state index >= 15 is 0 Å². The zero-order valence-corrected chi connectivity index (χ0v) is 10.4. The first kappa shape index (κ1) is 13.2. The Labute approximate surface area is 101 Å². The molecule has 0 N–H and O–H groups in total. The van der Waals surface area contributed by atoms with Crippen LogP contribution in [0.15, 0.2) is 18.3 Å². The number of esters is 1. The molecule has 17 heavy (non-hydrogen) atoms. The lowest BCUT2D eigenvalue weighted by atomic mass is 10.1. The summed E-state index contributed by atoms with van der Waals surface area (Å²) in [4.78, 5) is 15.7. The van der Waals surface area contributed by atoms with E-state index in [9.17, 15) is 4.79 Å². The summed E-state index contributed by atoms with van der Waals surface area (Å²) in [6.45, 7) is 5.44. The van der Waals surface area contributed by atoms with E-state index in [1.54, 1.807) is 18.3 Å². The van der Waals surface area contributed by atoms with E-state index in [0.717, 1.165) is 5.56 Å². The van der Waals surface area contributed by atoms with Gasteiger partial charge in [-0.2, -0.15) is 5.26 Å². The number of aryl methyl sites for hydroxylation is 1. The van der Waals surface area contributed by atoms with Crippen molar-refractivity contribution in [2.24, 2.45) is 0 Å². The number of hydrogen-bond acceptors (Lipinski definition) is 4. The maximum Gasteiger partial charge on any atom is 0.357 e. The Morgan fingerprint density at radius 2 is 2.18 bits per heavy atom. The van der Waals surface area contributed by atoms with E-state index in [1.807, 2.05) is 20.8 Å². The molecule has 4 heteroatoms. The molecule has 1 aromatic rings. The van der Waals surface area contributed by atoms with Gasteiger partial charge in [-0.25, -0.2) is 9.78 Å². The second-order valence-electron chi connectivity index (χ2n) is 4.71. The fraction of sp³-hybridized carbons (Fsp3) is 0.462. The quantitative estimate of drug-likeness (QED) is 0.751. The van der Waals surface area contributed by atoms with E-state index < -0.39 is 11.6 Å². The van der Waals surface area contributed by atoms with Gasteiger partial charge in [0.2, 0.25) is 0 Å². The molecule has 4 nitrogen and oxygen atoms in total. The number of ether oxygens (including phenoxy) is 1. The summed E-state index contributed by atoms with van der Waals surface area (Å²) in [7, 11) is 0. The Kier molecular flexibility index (Phi) is 4.22. The first-order valence-corrected chi connectivity index (χ1v) is 5.47. The first-order chi connectivity index (χ1) is 7.92. The molecule has 0 aliphatic rings. The van der Waals surface area contributed by atoms with Crippen molar-refractivity contribution >= 4 is 5.97 Å². The second-order valence-corrected chi connectivity index (χ2v) is 4.71. The van der Waals surface area contributed by atoms with E-state index in [2.05, 4.69) is 11.1 Å². The van der Waals surface area contributed by atoms with Crippen LogP contribution in [0.25, 0.3) is 0 Å². The number of aromatic nitrogens is 1. The molecule has 0 spiro atoms. The van der Waals surface area contributed by atoms with Gasteiger partial charge in [0.25, 0.3) is 0 Å². The van der Waals surface area contributed by atoms with Gasteiger partial charge in [-0.15, -0.1) is 0 Å². The summed E-state index contributed by atoms with van der Waals surface area (Å²) in [5.74, 6) is -0.427. The molecule has 0 aliphatic heterocycles. The van der Waals surface area contributed by atoms with Gasteiger partial charge in [0.05, 0.1) is 6.07 Å². The fourth-order valence-corrected chi connectivity index (χ4v) is 1.22. The molecule has 1 rings (SSSR count). The summed E-state index contributed by atoms with van der Waals surface area (Å²) in [6, 6.07) is 5.49. The lowest BCUT2D eigenvalue weighted by molar-refractivity contribution is 0.00628. The third-order valence-electron chi connectivity index (χ3n) is 1.96. The molecular formula is C13H16N2O2. The molecule has 0 saturated carbocycles. The highest BCUT2D eigenvalue weighted by Crippen LogP contribution is 2.11. The van der Waals surface area contributed by atoms with Crippen LogP contribution in [-0.4, -0.2) is 16.6 Å². The lowest BCUT2D eigenvalue weighted by Gasteiger charge is -2.19. The number of nitriles is 1. The summed E-state index contributed by atoms with van der Waals surface area (Å²) in [5, 5.41) is 8.45. The molecule has 0 aromatic carbocycles. The minimum absolute atomic E-state index is 0.292. The highest BCUT2D eigenvalue weighted by Gasteiger charge is 2.18. The van der Waals surface area contributed by atoms with Crippen molar-refractivity contribution in [1.82, 2.24) is 4.98 Å². The maximum absolute atomic E-state index is 11.6. The number of rotatable bonds is 3. The zero-order chi connectivity index (χ0) is 12.9. The van der Waals surface area contributed by atoms with Crippen LogP contribution in [0.4, 0.5) is 0 Å². The monoisotopic (exact) mass is 232 g/mol. The van der Waals surface area contributed by atoms with Gasteiger partial charge < -0.3 is 4.74 Å². The Morgan fingerprint density at radius 1 is 1.47 bits per heavy atom. The molecule has 0 unspecified atom stereocenters. The van der Waals surface area contributed by atoms with Gasteiger partial charge in [0.1, 0.15) is 11.3 Å². The Morgan fingerprint density at radius 3 is 2.65 bits per heavy atom. The molecule has 0 radical (unpaired) electrons. The van der Waals surface area contributed by atoms with Crippen molar-refractivity contribution < 1.29 is 9.53 Å². The van der Waals surface area contributed by atoms with Crippen LogP contribution in [0.2, 0.25) is 0 Å². The van der Waals surface area contributed by atoms with Crippen LogP contribution < -0.4 is 0 Å². The van der Waals surface area contributed by atoms with Crippen LogP contribution >= 0.6 is 0 Å². The average molecular weight is 232 g/mol. The molecule has 1 aromatic heterocycles. The lowest BCUT2D eigenvalue weighted by Crippen LogP contribution is -2.24. The number of hydrogen-bond donors (Lipinski definition) is 0. The van der Waals surface area contributed by atoms with Crippen LogP contribution in [0.5, 0.6) is 0 Å². The van der Waals surface area contributed by atoms with Gasteiger partial charge in [0, 0.05) is 12.6 Å². The van der Waals surface area contributed by atoms with Gasteiger partial charge in [-0.3, -0.25) is 0 Å². The Balaban J connectivity index is 2.68. The Hall–Kier alpha value is -1.89. The van der Waals surface area contributed by atoms with Crippen LogP contribution in [0.1, 0.15) is 43.2 Å². The van der Waals surface area contributed by atoms with E-state index in [0.29, 0.717) is 18.5 Å². The van der Waals surface area contributed by atoms with E-state index in [4.69, 9.17) is 10.00 Å². The van der Waals surface area contributed by atoms with Crippen molar-refractivity contribution in [3.05, 3.63) is 29.6 Å². The second kappa shape index (κ2) is 5.44. The molecule has 90 valence electrons. The highest BCUT2D eigenvalue weighted by molar-refractivity contribution is 5.87. The van der Waals surface area contributed by atoms with Crippen molar-refractivity contribution in [3.8, 4) is 6.07 Å². The summed E-state index contributed by atoms with van der Waals surface area (Å²) in [6.07, 6.45) is 2.71. The number of pyridine rings is 1. The smallest absolute Gasteiger partial charge is 0.357 e. The minimum atomic E-state index is -0.516. The summed E-state index contributed by atoms with van der Waals surface area (Å²) >= 11 is 0. The Bertz CT molecular complexity index is 424. The average Bonchev–Trinajstić information content (AvgIpc) is 2.24. The SMILES string of the molecule is CC(C)(C)OC(=O)c1ccc(CCC#N)cn1. The zero-order valence-electron chi connectivity index (χ0n) is 10.4. The van der Waals surface area contributed by atoms with Gasteiger partial charge in [0.15, 0.2) is 0 Å². The normalized spacial score (nSPS) is 10.7. The molecule has 0 amide bonds. The van der Waals surface area contributed by atoms with Crippen molar-refractivity contribution in [1.29, 1.82) is 5.26 Å². The number of carbonyl (C=O) groups excluding carboxylic acids is 1. The predicted octanol–water partition coefficient (Wildman–Crippen LogP) is 2.49. The maximum atomic E-state index is 11.6. The largest absolute Gasteiger partial charge is 0.455 e. The molecule has 0 saturated heterocycles. The van der Waals surface area contributed by atoms with Gasteiger partial charge >= 0.3 is 5.97 Å². The van der Waals surface area contributed by atoms with Crippen LogP contribution in [0, 0.1) is 11.3 Å². The number of carbonyl (C=O) groups is 1. The van der Waals surface area contributed by atoms with E-state index in [1.165, 1.54) is 0 Å². The first-order valence-electron chi connectivity index (χ1n) is 5.47. The molecule has 1 heterocycles. The van der Waals surface area contributed by atoms with Crippen molar-refractivity contribution in [2.75, 3.05) is 0 Å². The van der Waals surface area contributed by atoms with Crippen LogP contribution in [0.3, 0.4) is 0 Å². The third kappa shape index (κ3) is 4.64. The minimum Gasteiger partial charge on any atom is -0.455 e. The van der Waals surface area contributed by atoms with Crippen LogP contribution in [-0.2, 0) is 11.2 Å². The molecule has 0 fully saturated rings. The predicted molar refractivity (Wildman–Crippen MR) is 63.3 cm³/mol. The molecule has 0 bridgehead atoms. The van der Waals surface area contributed by atoms with E-state index in [-0.39, 0.29) is 0 Å². The molecular weight excluding hydrogens is 216 g/mol. The summed E-state index contributed by atoms with van der Waals surface area (Å²) < 4.78 is 5.19. The molecule has 0 atom stereocenters. The highest BCUT2D eigenvalue weighted by atomic mass is 16.6. The standard InChI is InChI=1S/C13H16N2O2/c1-13(2,3)17-12(16)11-7-6-10(9-15-11)5-4-8-14/h6-7,9H,4-5H2,1-3H3. The third-order valence-corrected chi connectivity index (χ3v) is 1.96. The molecule has 0 aliphatic carbocycles. The van der Waals surface area contributed by atoms with Gasteiger partial charge in [-0.05, 0) is 38.8 Å². The van der Waals surface area contributed by atoms with Crippen molar-refractivity contribution in [2.45, 2.75) is 39.2 Å². The van der Waals surface area contributed by atoms with Gasteiger partial charge in [-0.1, -0.05) is 6.07 Å². The van der Waals surface area contributed by atoms with Crippen molar-refractivity contribution in [3.63, 3.8) is 0 Å². The number of nitrogens with zero attached hydrogens (tertiary/aromatic N) is 2. The summed E-state index contributed by atoms with van der Waals surface area (Å²) in [5.41, 5.74) is 0.720. The fourth-order valence-electron chi connectivity index (χ4n) is 1.22. The topological polar surface area (TPSA) is 63.0 Å².